The van der Waals surface area contributed by atoms with E-state index >= 15 is 0 Å². The van der Waals surface area contributed by atoms with Crippen LogP contribution in [0.15, 0.2) is 54.7 Å². The van der Waals surface area contributed by atoms with E-state index in [2.05, 4.69) is 41.5 Å². The maximum Gasteiger partial charge on any atom is 0.103 e. The zero-order valence-corrected chi connectivity index (χ0v) is 13.3. The average molecular weight is 312 g/mol. The summed E-state index contributed by atoms with van der Waals surface area (Å²) in [4.78, 5) is 4.30. The average Bonchev–Trinajstić information content (AvgIpc) is 2.66. The highest BCUT2D eigenvalue weighted by Crippen LogP contribution is 2.31. The molecule has 1 N–H and O–H groups in total. The Morgan fingerprint density at radius 3 is 2.42 bits per heavy atom. The third kappa shape index (κ3) is 2.78. The minimum absolute atomic E-state index is 0.0784. The first-order valence-electron chi connectivity index (χ1n) is 7.82. The van der Waals surface area contributed by atoms with E-state index in [4.69, 9.17) is 0 Å². The Morgan fingerprint density at radius 1 is 1.00 bits per heavy atom. The second-order valence-electron chi connectivity index (χ2n) is 5.49. The van der Waals surface area contributed by atoms with Crippen molar-refractivity contribution in [1.82, 2.24) is 4.98 Å². The number of aromatic nitrogens is 1. The molecule has 0 aliphatic rings. The number of pyridine rings is 1. The van der Waals surface area contributed by atoms with E-state index in [0.29, 0.717) is 16.6 Å². The number of anilines is 1. The summed E-state index contributed by atoms with van der Waals surface area (Å²) < 4.78 is 0. The van der Waals surface area contributed by atoms with Crippen LogP contribution in [0.3, 0.4) is 0 Å². The van der Waals surface area contributed by atoms with E-state index in [9.17, 15) is 10.5 Å². The van der Waals surface area contributed by atoms with Gasteiger partial charge in [0.15, 0.2) is 0 Å². The fourth-order valence-electron chi connectivity index (χ4n) is 2.83. The molecule has 0 unspecified atom stereocenters. The molecule has 3 rings (SSSR count). The van der Waals surface area contributed by atoms with Crippen LogP contribution in [0.4, 0.5) is 5.69 Å². The quantitative estimate of drug-likeness (QED) is 0.767. The van der Waals surface area contributed by atoms with Gasteiger partial charge in [-0.3, -0.25) is 4.98 Å². The zero-order valence-electron chi connectivity index (χ0n) is 13.3. The lowest BCUT2D eigenvalue weighted by Crippen LogP contribution is -2.11. The lowest BCUT2D eigenvalue weighted by Gasteiger charge is -2.21. The van der Waals surface area contributed by atoms with Gasteiger partial charge in [-0.05, 0) is 18.1 Å². The number of nitrogens with zero attached hydrogens (tertiary/aromatic N) is 3. The topological polar surface area (TPSA) is 72.5 Å². The Bertz CT molecular complexity index is 949. The highest BCUT2D eigenvalue weighted by atomic mass is 14.9. The van der Waals surface area contributed by atoms with Crippen LogP contribution in [0.1, 0.15) is 36.1 Å². The van der Waals surface area contributed by atoms with Gasteiger partial charge in [0.25, 0.3) is 0 Å². The van der Waals surface area contributed by atoms with Crippen molar-refractivity contribution in [2.75, 3.05) is 5.32 Å². The SMILES string of the molecule is CC[C@@H](Nc1c(C#N)cnc2c(C#N)cccc12)c1ccccc1. The molecule has 24 heavy (non-hydrogen) atoms. The predicted octanol–water partition coefficient (Wildman–Crippen LogP) is 4.54. The van der Waals surface area contributed by atoms with Crippen LogP contribution < -0.4 is 5.32 Å². The molecule has 0 bridgehead atoms. The molecule has 0 amide bonds. The Hall–Kier alpha value is -3.37. The number of nitrogens with one attached hydrogen (secondary N) is 1. The second-order valence-corrected chi connectivity index (χ2v) is 5.49. The lowest BCUT2D eigenvalue weighted by molar-refractivity contribution is 0.750. The summed E-state index contributed by atoms with van der Waals surface area (Å²) in [6, 6.07) is 20.0. The van der Waals surface area contributed by atoms with Crippen LogP contribution >= 0.6 is 0 Å². The van der Waals surface area contributed by atoms with Gasteiger partial charge in [0.1, 0.15) is 12.1 Å². The van der Waals surface area contributed by atoms with E-state index in [0.717, 1.165) is 23.1 Å². The molecule has 0 aliphatic carbocycles. The summed E-state index contributed by atoms with van der Waals surface area (Å²) in [6.07, 6.45) is 2.40. The summed E-state index contributed by atoms with van der Waals surface area (Å²) >= 11 is 0. The van der Waals surface area contributed by atoms with E-state index in [-0.39, 0.29) is 6.04 Å². The molecule has 1 heterocycles. The number of para-hydroxylation sites is 1. The van der Waals surface area contributed by atoms with Crippen molar-refractivity contribution in [1.29, 1.82) is 10.5 Å². The van der Waals surface area contributed by atoms with E-state index in [1.807, 2.05) is 30.3 Å². The van der Waals surface area contributed by atoms with Crippen molar-refractivity contribution in [3.63, 3.8) is 0 Å². The molecule has 116 valence electrons. The number of rotatable bonds is 4. The number of hydrogen-bond donors (Lipinski definition) is 1. The molecule has 3 aromatic rings. The van der Waals surface area contributed by atoms with Crippen molar-refractivity contribution >= 4 is 16.6 Å². The molecule has 0 saturated carbocycles. The van der Waals surface area contributed by atoms with Crippen LogP contribution in [0, 0.1) is 22.7 Å². The molecule has 1 atom stereocenters. The third-order valence-electron chi connectivity index (χ3n) is 4.07. The minimum atomic E-state index is 0.0784. The van der Waals surface area contributed by atoms with Gasteiger partial charge in [0, 0.05) is 11.6 Å². The molecule has 0 aliphatic heterocycles. The smallest absolute Gasteiger partial charge is 0.103 e. The van der Waals surface area contributed by atoms with Crippen molar-refractivity contribution in [3.05, 3.63) is 71.4 Å². The molecular formula is C20H16N4. The number of hydrogen-bond acceptors (Lipinski definition) is 4. The largest absolute Gasteiger partial charge is 0.377 e. The van der Waals surface area contributed by atoms with Gasteiger partial charge in [-0.2, -0.15) is 10.5 Å². The first-order chi connectivity index (χ1) is 11.8. The van der Waals surface area contributed by atoms with Gasteiger partial charge in [-0.25, -0.2) is 0 Å². The Kier molecular flexibility index (Phi) is 4.40. The van der Waals surface area contributed by atoms with Crippen molar-refractivity contribution in [3.8, 4) is 12.1 Å². The highest BCUT2D eigenvalue weighted by molar-refractivity contribution is 5.96. The van der Waals surface area contributed by atoms with Crippen molar-refractivity contribution in [2.45, 2.75) is 19.4 Å². The van der Waals surface area contributed by atoms with Crippen LogP contribution in [-0.4, -0.2) is 4.98 Å². The van der Waals surface area contributed by atoms with Gasteiger partial charge in [-0.15, -0.1) is 0 Å². The summed E-state index contributed by atoms with van der Waals surface area (Å²) in [7, 11) is 0. The third-order valence-corrected chi connectivity index (χ3v) is 4.07. The van der Waals surface area contributed by atoms with Gasteiger partial charge in [0.2, 0.25) is 0 Å². The summed E-state index contributed by atoms with van der Waals surface area (Å²) in [5, 5.41) is 23.0. The predicted molar refractivity (Wildman–Crippen MR) is 94.3 cm³/mol. The molecule has 0 saturated heterocycles. The fraction of sp³-hybridized carbons (Fsp3) is 0.150. The second kappa shape index (κ2) is 6.81. The molecular weight excluding hydrogens is 296 g/mol. The Balaban J connectivity index is 2.14. The molecule has 1 aromatic heterocycles. The lowest BCUT2D eigenvalue weighted by atomic mass is 10.0. The Morgan fingerprint density at radius 2 is 1.75 bits per heavy atom. The Labute approximate surface area is 141 Å². The van der Waals surface area contributed by atoms with Crippen molar-refractivity contribution < 1.29 is 0 Å². The number of nitriles is 2. The minimum Gasteiger partial charge on any atom is -0.377 e. The molecule has 0 radical (unpaired) electrons. The van der Waals surface area contributed by atoms with Gasteiger partial charge in [-0.1, -0.05) is 49.4 Å². The van der Waals surface area contributed by atoms with Crippen molar-refractivity contribution in [2.24, 2.45) is 0 Å². The van der Waals surface area contributed by atoms with E-state index in [1.54, 1.807) is 6.07 Å². The van der Waals surface area contributed by atoms with E-state index < -0.39 is 0 Å². The maximum absolute atomic E-state index is 9.47. The summed E-state index contributed by atoms with van der Waals surface area (Å²) in [6.45, 7) is 2.10. The van der Waals surface area contributed by atoms with Gasteiger partial charge >= 0.3 is 0 Å². The molecule has 0 spiro atoms. The van der Waals surface area contributed by atoms with Crippen LogP contribution in [0.25, 0.3) is 10.9 Å². The molecule has 0 fully saturated rings. The number of benzene rings is 2. The highest BCUT2D eigenvalue weighted by Gasteiger charge is 2.15. The van der Waals surface area contributed by atoms with E-state index in [1.165, 1.54) is 6.20 Å². The first-order valence-corrected chi connectivity index (χ1v) is 7.82. The van der Waals surface area contributed by atoms with Gasteiger partial charge < -0.3 is 5.32 Å². The standard InChI is InChI=1S/C20H16N4/c1-2-18(14-7-4-3-5-8-14)24-20-16(12-22)13-23-19-15(11-21)9-6-10-17(19)20/h3-10,13,18H,2H2,1H3,(H,23,24)/t18-/m1/s1. The molecule has 4 nitrogen and oxygen atoms in total. The monoisotopic (exact) mass is 312 g/mol. The summed E-state index contributed by atoms with van der Waals surface area (Å²) in [5.41, 5.74) is 3.49. The van der Waals surface area contributed by atoms with Crippen LogP contribution in [0.2, 0.25) is 0 Å². The summed E-state index contributed by atoms with van der Waals surface area (Å²) in [5.74, 6) is 0. The molecule has 2 aromatic carbocycles. The zero-order chi connectivity index (χ0) is 16.9. The molecule has 4 heteroatoms. The maximum atomic E-state index is 9.47. The van der Waals surface area contributed by atoms with Crippen LogP contribution in [-0.2, 0) is 0 Å². The number of fused-ring (bicyclic) bond motifs is 1. The van der Waals surface area contributed by atoms with Crippen LogP contribution in [0.5, 0.6) is 0 Å². The fourth-order valence-corrected chi connectivity index (χ4v) is 2.83. The normalized spacial score (nSPS) is 11.5. The van der Waals surface area contributed by atoms with Gasteiger partial charge in [0.05, 0.1) is 28.4 Å². The first kappa shape index (κ1) is 15.5.